The van der Waals surface area contributed by atoms with Gasteiger partial charge in [-0.1, -0.05) is 121 Å². The summed E-state index contributed by atoms with van der Waals surface area (Å²) in [5, 5.41) is 15.8. The van der Waals surface area contributed by atoms with Gasteiger partial charge in [-0.2, -0.15) is 10.2 Å². The van der Waals surface area contributed by atoms with Gasteiger partial charge in [-0.25, -0.2) is 41.5 Å². The van der Waals surface area contributed by atoms with Gasteiger partial charge in [-0.05, 0) is 75.6 Å². The Bertz CT molecular complexity index is 2760. The van der Waals surface area contributed by atoms with E-state index in [9.17, 15) is 27.2 Å². The van der Waals surface area contributed by atoms with Gasteiger partial charge in [0.15, 0.2) is 5.69 Å². The fraction of sp³-hybridized carbons (Fsp3) is 0.0800. The largest absolute Gasteiger partial charge is 0.465 e. The molecule has 0 saturated carbocycles. The van der Waals surface area contributed by atoms with Crippen molar-refractivity contribution < 1.29 is 36.6 Å². The number of aromatic nitrogens is 4. The second-order valence-corrected chi connectivity index (χ2v) is 14.5. The lowest BCUT2D eigenvalue weighted by Crippen LogP contribution is -2.02. The van der Waals surface area contributed by atoms with Crippen molar-refractivity contribution in [3.63, 3.8) is 0 Å². The summed E-state index contributed by atoms with van der Waals surface area (Å²) in [6, 6.07) is 50.9. The number of esters is 2. The summed E-state index contributed by atoms with van der Waals surface area (Å²) in [6.45, 7) is 0. The summed E-state index contributed by atoms with van der Waals surface area (Å²) in [6.07, 6.45) is -2.56. The Morgan fingerprint density at radius 1 is 0.523 bits per heavy atom. The molecule has 0 bridgehead atoms. The highest BCUT2D eigenvalue weighted by Gasteiger charge is 2.21. The highest BCUT2D eigenvalue weighted by Crippen LogP contribution is 2.31. The highest BCUT2D eigenvalue weighted by atomic mass is 79.9. The first kappa shape index (κ1) is 46.7. The van der Waals surface area contributed by atoms with E-state index in [1.165, 1.54) is 36.0 Å². The smallest absolute Gasteiger partial charge is 0.337 e. The molecule has 328 valence electrons. The number of hydrogen-bond donors (Lipinski definition) is 1. The Labute approximate surface area is 380 Å². The van der Waals surface area contributed by atoms with Crippen molar-refractivity contribution in [1.29, 1.82) is 5.41 Å². The average Bonchev–Trinajstić information content (AvgIpc) is 3.98. The van der Waals surface area contributed by atoms with Crippen LogP contribution in [0.3, 0.4) is 0 Å². The van der Waals surface area contributed by atoms with Gasteiger partial charge in [0.25, 0.3) is 12.9 Å². The van der Waals surface area contributed by atoms with Crippen LogP contribution in [0.5, 0.6) is 0 Å². The number of ether oxygens (including phenoxy) is 2. The molecule has 8 rings (SSSR count). The lowest BCUT2D eigenvalue weighted by molar-refractivity contribution is 0.0592. The molecule has 15 heteroatoms. The number of hydrogen-bond acceptors (Lipinski definition) is 8. The zero-order valence-corrected chi connectivity index (χ0v) is 36.3. The van der Waals surface area contributed by atoms with Crippen LogP contribution in [0.25, 0.3) is 11.4 Å². The number of benzene rings is 6. The molecule has 65 heavy (non-hydrogen) atoms. The van der Waals surface area contributed by atoms with Crippen molar-refractivity contribution >= 4 is 45.0 Å². The fourth-order valence-corrected chi connectivity index (χ4v) is 6.57. The van der Waals surface area contributed by atoms with Crippen molar-refractivity contribution in [2.24, 2.45) is 4.99 Å². The molecule has 0 aliphatic carbocycles. The molecule has 0 fully saturated rings. The number of aliphatic imine (C=N–C) groups is 1. The Hall–Kier alpha value is -7.78. The van der Waals surface area contributed by atoms with Gasteiger partial charge in [0.05, 0.1) is 58.8 Å². The van der Waals surface area contributed by atoms with Gasteiger partial charge >= 0.3 is 11.9 Å². The Morgan fingerprint density at radius 2 is 0.877 bits per heavy atom. The first-order valence-corrected chi connectivity index (χ1v) is 20.4. The minimum Gasteiger partial charge on any atom is -0.465 e. The van der Waals surface area contributed by atoms with Crippen molar-refractivity contribution in [3.05, 3.63) is 231 Å². The molecule has 0 aliphatic heterocycles. The number of nitrogens with one attached hydrogen (secondary N) is 1. The Balaban J connectivity index is 0.000000179. The van der Waals surface area contributed by atoms with Gasteiger partial charge < -0.3 is 9.47 Å². The van der Waals surface area contributed by atoms with Crippen LogP contribution in [0, 0.1) is 5.41 Å². The molecule has 0 spiro atoms. The highest BCUT2D eigenvalue weighted by molar-refractivity contribution is 9.10. The van der Waals surface area contributed by atoms with E-state index in [0.29, 0.717) is 33.9 Å². The van der Waals surface area contributed by atoms with Crippen LogP contribution in [0.1, 0.15) is 67.2 Å². The lowest BCUT2D eigenvalue weighted by Gasteiger charge is -2.07. The summed E-state index contributed by atoms with van der Waals surface area (Å²) in [5.74, 6) is -0.938. The van der Waals surface area contributed by atoms with E-state index in [-0.39, 0.29) is 15.9 Å². The van der Waals surface area contributed by atoms with Crippen LogP contribution in [0.2, 0.25) is 0 Å². The summed E-state index contributed by atoms with van der Waals surface area (Å²) in [4.78, 5) is 27.5. The van der Waals surface area contributed by atoms with E-state index >= 15 is 0 Å². The van der Waals surface area contributed by atoms with E-state index in [4.69, 9.17) is 5.41 Å². The average molecular weight is 944 g/mol. The number of nitrogens with zero attached hydrogens (tertiary/aromatic N) is 5. The third kappa shape index (κ3) is 12.2. The maximum absolute atomic E-state index is 13.8. The molecule has 1 N–H and O–H groups in total. The van der Waals surface area contributed by atoms with Crippen LogP contribution in [0.15, 0.2) is 192 Å². The molecular formula is C50H39BrF4N6O4. The molecule has 8 aromatic rings. The third-order valence-electron chi connectivity index (χ3n) is 9.39. The van der Waals surface area contributed by atoms with Crippen molar-refractivity contribution in [3.8, 4) is 11.4 Å². The van der Waals surface area contributed by atoms with Crippen LogP contribution in [-0.4, -0.2) is 57.1 Å². The Kier molecular flexibility index (Phi) is 16.2. The van der Waals surface area contributed by atoms with Crippen molar-refractivity contribution in [2.75, 3.05) is 14.2 Å². The Morgan fingerprint density at radius 3 is 1.23 bits per heavy atom. The molecule has 2 heterocycles. The van der Waals surface area contributed by atoms with E-state index in [0.717, 1.165) is 22.3 Å². The predicted octanol–water partition coefficient (Wildman–Crippen LogP) is 12.2. The second-order valence-electron chi connectivity index (χ2n) is 13.6. The first-order valence-electron chi connectivity index (χ1n) is 19.6. The van der Waals surface area contributed by atoms with Crippen LogP contribution in [0.4, 0.5) is 23.2 Å². The molecular weight excluding hydrogens is 904 g/mol. The summed E-state index contributed by atoms with van der Waals surface area (Å²) >= 11 is 3.03. The minimum absolute atomic E-state index is 0.0692. The quantitative estimate of drug-likeness (QED) is 0.0782. The lowest BCUT2D eigenvalue weighted by atomic mass is 10.0. The molecule has 0 atom stereocenters. The molecule has 0 saturated heterocycles. The first-order chi connectivity index (χ1) is 31.5. The van der Waals surface area contributed by atoms with E-state index < -0.39 is 30.5 Å². The fourth-order valence-electron chi connectivity index (χ4n) is 6.12. The maximum atomic E-state index is 13.8. The number of rotatable bonds is 11. The minimum atomic E-state index is -2.81. The number of methoxy groups -OCH3 is 2. The zero-order chi connectivity index (χ0) is 46.3. The predicted molar refractivity (Wildman–Crippen MR) is 244 cm³/mol. The van der Waals surface area contributed by atoms with Gasteiger partial charge in [-0.15, -0.1) is 0 Å². The third-order valence-corrected chi connectivity index (χ3v) is 10.0. The molecule has 10 nitrogen and oxygen atoms in total. The molecule has 0 unspecified atom stereocenters. The van der Waals surface area contributed by atoms with Gasteiger partial charge in [0.1, 0.15) is 11.4 Å². The van der Waals surface area contributed by atoms with E-state index in [1.807, 2.05) is 121 Å². The van der Waals surface area contributed by atoms with E-state index in [1.54, 1.807) is 48.5 Å². The maximum Gasteiger partial charge on any atom is 0.337 e. The standard InChI is InChI=1S/C25H19F2N3O2.C13H11N.C12H9BrF2N2O2/c1-32-25(31)19-12-14-20(15-13-19)30-16-21(23(29-30)24(26)27)28-22(17-8-4-2-5-9-17)18-10-6-3-7-11-18;14-13(11-7-3-1-4-8-11)12-9-5-2-6-10-12;1-19-12(18)7-2-4-8(5-3-7)17-6-9(13)10(16-17)11(14)15/h2-16,24H,1H3;1-10,14H;2-6,11H,1H3. The SMILES string of the molecule is COC(=O)c1ccc(-n2cc(Br)c(C(F)F)n2)cc1.COC(=O)c1ccc(-n2cc(N=C(c3ccccc3)c3ccccc3)c(C(F)F)n2)cc1.N=C(c1ccccc1)c1ccccc1. The van der Waals surface area contributed by atoms with Crippen molar-refractivity contribution in [1.82, 2.24) is 19.6 Å². The van der Waals surface area contributed by atoms with Crippen LogP contribution < -0.4 is 0 Å². The summed E-state index contributed by atoms with van der Waals surface area (Å²) < 4.78 is 65.0. The molecule has 0 amide bonds. The van der Waals surface area contributed by atoms with Crippen LogP contribution in [-0.2, 0) is 9.47 Å². The van der Waals surface area contributed by atoms with Crippen LogP contribution >= 0.6 is 15.9 Å². The second kappa shape index (κ2) is 22.5. The van der Waals surface area contributed by atoms with E-state index in [2.05, 4.69) is 40.6 Å². The van der Waals surface area contributed by atoms with Gasteiger partial charge in [-0.3, -0.25) is 5.41 Å². The number of carbonyl (C=O) groups excluding carboxylic acids is 2. The normalized spacial score (nSPS) is 10.5. The topological polar surface area (TPSA) is 124 Å². The number of alkyl halides is 4. The van der Waals surface area contributed by atoms with Crippen molar-refractivity contribution in [2.45, 2.75) is 12.9 Å². The summed E-state index contributed by atoms with van der Waals surface area (Å²) in [5.41, 5.74) is 5.80. The van der Waals surface area contributed by atoms with Gasteiger partial charge in [0, 0.05) is 17.3 Å². The number of halogens is 5. The number of carbonyl (C=O) groups is 2. The molecule has 0 radical (unpaired) electrons. The zero-order valence-electron chi connectivity index (χ0n) is 34.7. The summed E-state index contributed by atoms with van der Waals surface area (Å²) in [7, 11) is 2.58. The molecule has 2 aromatic heterocycles. The monoisotopic (exact) mass is 942 g/mol. The molecule has 0 aliphatic rings. The molecule has 6 aromatic carbocycles. The van der Waals surface area contributed by atoms with Gasteiger partial charge in [0.2, 0.25) is 0 Å².